The number of ether oxygens (including phenoxy) is 1. The van der Waals surface area contributed by atoms with Crippen molar-refractivity contribution in [3.8, 4) is 5.75 Å². The molecule has 0 saturated heterocycles. The van der Waals surface area contributed by atoms with Crippen LogP contribution in [0.5, 0.6) is 5.75 Å². The number of aromatic amines is 1. The normalized spacial score (nSPS) is 23.6. The van der Waals surface area contributed by atoms with E-state index in [1.807, 2.05) is 0 Å². The number of hydrogen-bond donors (Lipinski definition) is 2. The SMILES string of the molecule is Cl.O=c1ccc2c([nH]1)CNC[C@H](C1CC1)O2. The molecule has 1 aromatic heterocycles. The Hall–Kier alpha value is -1.00. The summed E-state index contributed by atoms with van der Waals surface area (Å²) in [4.78, 5) is 13.9. The maximum absolute atomic E-state index is 11.1. The van der Waals surface area contributed by atoms with Crippen LogP contribution in [0.3, 0.4) is 0 Å². The number of fused-ring (bicyclic) bond motifs is 1. The van der Waals surface area contributed by atoms with Gasteiger partial charge in [-0.25, -0.2) is 0 Å². The number of rotatable bonds is 1. The third-order valence-electron chi connectivity index (χ3n) is 3.03. The molecule has 1 saturated carbocycles. The van der Waals surface area contributed by atoms with Gasteiger partial charge in [0.25, 0.3) is 0 Å². The Labute approximate surface area is 99.8 Å². The van der Waals surface area contributed by atoms with E-state index < -0.39 is 0 Å². The molecule has 16 heavy (non-hydrogen) atoms. The minimum atomic E-state index is -0.0657. The molecule has 0 unspecified atom stereocenters. The molecule has 2 aliphatic rings. The van der Waals surface area contributed by atoms with Gasteiger partial charge in [-0.1, -0.05) is 0 Å². The van der Waals surface area contributed by atoms with Gasteiger partial charge in [0.05, 0.1) is 5.69 Å². The van der Waals surface area contributed by atoms with Gasteiger partial charge in [0, 0.05) is 19.2 Å². The fraction of sp³-hybridized carbons (Fsp3) is 0.545. The highest BCUT2D eigenvalue weighted by atomic mass is 35.5. The lowest BCUT2D eigenvalue weighted by Crippen LogP contribution is -2.30. The van der Waals surface area contributed by atoms with E-state index in [-0.39, 0.29) is 24.1 Å². The predicted octanol–water partition coefficient (Wildman–Crippen LogP) is 1.06. The van der Waals surface area contributed by atoms with E-state index in [1.165, 1.54) is 18.9 Å². The molecule has 5 heteroatoms. The maximum atomic E-state index is 11.1. The van der Waals surface area contributed by atoms with E-state index >= 15 is 0 Å². The Kier molecular flexibility index (Phi) is 3.21. The van der Waals surface area contributed by atoms with Crippen LogP contribution in [0, 0.1) is 5.92 Å². The van der Waals surface area contributed by atoms with Gasteiger partial charge in [0.15, 0.2) is 0 Å². The topological polar surface area (TPSA) is 54.1 Å². The molecule has 1 fully saturated rings. The number of H-pyrrole nitrogens is 1. The zero-order valence-electron chi connectivity index (χ0n) is 8.86. The first-order valence-corrected chi connectivity index (χ1v) is 5.42. The highest BCUT2D eigenvalue weighted by Gasteiger charge is 2.34. The summed E-state index contributed by atoms with van der Waals surface area (Å²) in [7, 11) is 0. The number of halogens is 1. The summed E-state index contributed by atoms with van der Waals surface area (Å²) in [6.45, 7) is 1.57. The van der Waals surface area contributed by atoms with Crippen LogP contribution in [0.1, 0.15) is 18.5 Å². The molecule has 1 atom stereocenters. The molecule has 0 spiro atoms. The number of nitrogens with one attached hydrogen (secondary N) is 2. The lowest BCUT2D eigenvalue weighted by molar-refractivity contribution is 0.182. The van der Waals surface area contributed by atoms with E-state index in [4.69, 9.17) is 4.74 Å². The van der Waals surface area contributed by atoms with Crippen LogP contribution in [0.15, 0.2) is 16.9 Å². The van der Waals surface area contributed by atoms with Crippen LogP contribution in [-0.4, -0.2) is 17.6 Å². The minimum Gasteiger partial charge on any atom is -0.487 e. The Morgan fingerprint density at radius 2 is 2.12 bits per heavy atom. The molecule has 1 aliphatic heterocycles. The summed E-state index contributed by atoms with van der Waals surface area (Å²) in [6, 6.07) is 3.30. The van der Waals surface area contributed by atoms with Gasteiger partial charge in [-0.05, 0) is 24.8 Å². The highest BCUT2D eigenvalue weighted by Crippen LogP contribution is 2.35. The van der Waals surface area contributed by atoms with Gasteiger partial charge >= 0.3 is 0 Å². The summed E-state index contributed by atoms with van der Waals surface area (Å²) >= 11 is 0. The molecule has 88 valence electrons. The quantitative estimate of drug-likeness (QED) is 0.774. The van der Waals surface area contributed by atoms with Gasteiger partial charge in [0.1, 0.15) is 11.9 Å². The van der Waals surface area contributed by atoms with Gasteiger partial charge in [-0.2, -0.15) is 0 Å². The monoisotopic (exact) mass is 242 g/mol. The Morgan fingerprint density at radius 1 is 1.31 bits per heavy atom. The lowest BCUT2D eigenvalue weighted by atomic mass is 10.2. The van der Waals surface area contributed by atoms with E-state index in [1.54, 1.807) is 6.07 Å². The standard InChI is InChI=1S/C11H14N2O2.ClH/c14-11-4-3-9-8(13-11)5-12-6-10(15-9)7-1-2-7;/h3-4,7,10,12H,1-2,5-6H2,(H,13,14);1H/t10-;/m1./s1. The molecular weight excluding hydrogens is 228 g/mol. The van der Waals surface area contributed by atoms with Crippen LogP contribution in [0.4, 0.5) is 0 Å². The van der Waals surface area contributed by atoms with Crippen molar-refractivity contribution in [3.05, 3.63) is 28.2 Å². The number of pyridine rings is 1. The molecule has 0 amide bonds. The first-order chi connectivity index (χ1) is 7.33. The van der Waals surface area contributed by atoms with Crippen LogP contribution < -0.4 is 15.6 Å². The second-order valence-electron chi connectivity index (χ2n) is 4.29. The smallest absolute Gasteiger partial charge is 0.248 e. The molecule has 2 heterocycles. The van der Waals surface area contributed by atoms with Crippen molar-refractivity contribution in [3.63, 3.8) is 0 Å². The van der Waals surface area contributed by atoms with Gasteiger partial charge in [-0.15, -0.1) is 12.4 Å². The van der Waals surface area contributed by atoms with Crippen molar-refractivity contribution in [1.29, 1.82) is 0 Å². The fourth-order valence-electron chi connectivity index (χ4n) is 2.02. The Balaban J connectivity index is 0.000000963. The molecule has 0 bridgehead atoms. The molecule has 3 rings (SSSR count). The van der Waals surface area contributed by atoms with E-state index in [2.05, 4.69) is 10.3 Å². The summed E-state index contributed by atoms with van der Waals surface area (Å²) in [5.74, 6) is 1.53. The van der Waals surface area contributed by atoms with E-state index in [0.717, 1.165) is 18.0 Å². The largest absolute Gasteiger partial charge is 0.487 e. The number of aromatic nitrogens is 1. The van der Waals surface area contributed by atoms with Crippen molar-refractivity contribution in [1.82, 2.24) is 10.3 Å². The number of hydrogen-bond acceptors (Lipinski definition) is 3. The second kappa shape index (κ2) is 4.47. The van der Waals surface area contributed by atoms with Crippen molar-refractivity contribution >= 4 is 12.4 Å². The average Bonchev–Trinajstić information content (AvgIpc) is 3.02. The van der Waals surface area contributed by atoms with Crippen molar-refractivity contribution in [2.75, 3.05) is 6.54 Å². The van der Waals surface area contributed by atoms with Crippen molar-refractivity contribution in [2.24, 2.45) is 5.92 Å². The summed E-state index contributed by atoms with van der Waals surface area (Å²) in [5, 5.41) is 3.31. The zero-order valence-corrected chi connectivity index (χ0v) is 9.68. The van der Waals surface area contributed by atoms with Crippen molar-refractivity contribution < 1.29 is 4.74 Å². The van der Waals surface area contributed by atoms with E-state index in [0.29, 0.717) is 12.5 Å². The van der Waals surface area contributed by atoms with Crippen LogP contribution >= 0.6 is 12.4 Å². The average molecular weight is 243 g/mol. The molecule has 4 nitrogen and oxygen atoms in total. The van der Waals surface area contributed by atoms with Gasteiger partial charge in [-0.3, -0.25) is 4.79 Å². The highest BCUT2D eigenvalue weighted by molar-refractivity contribution is 5.85. The third-order valence-corrected chi connectivity index (χ3v) is 3.03. The molecule has 1 aliphatic carbocycles. The predicted molar refractivity (Wildman–Crippen MR) is 63.2 cm³/mol. The van der Waals surface area contributed by atoms with Crippen molar-refractivity contribution in [2.45, 2.75) is 25.5 Å². The van der Waals surface area contributed by atoms with Crippen LogP contribution in [0.2, 0.25) is 0 Å². The molecule has 0 radical (unpaired) electrons. The fourth-order valence-corrected chi connectivity index (χ4v) is 2.02. The summed E-state index contributed by atoms with van der Waals surface area (Å²) in [5.41, 5.74) is 0.801. The van der Waals surface area contributed by atoms with Gasteiger partial charge in [0.2, 0.25) is 5.56 Å². The Morgan fingerprint density at radius 3 is 2.88 bits per heavy atom. The van der Waals surface area contributed by atoms with Gasteiger partial charge < -0.3 is 15.0 Å². The zero-order chi connectivity index (χ0) is 10.3. The molecular formula is C11H15ClN2O2. The van der Waals surface area contributed by atoms with Crippen LogP contribution in [0.25, 0.3) is 0 Å². The minimum absolute atomic E-state index is 0. The second-order valence-corrected chi connectivity index (χ2v) is 4.29. The van der Waals surface area contributed by atoms with E-state index in [9.17, 15) is 4.79 Å². The van der Waals surface area contributed by atoms with Crippen LogP contribution in [-0.2, 0) is 6.54 Å². The molecule has 0 aromatic carbocycles. The maximum Gasteiger partial charge on any atom is 0.248 e. The lowest BCUT2D eigenvalue weighted by Gasteiger charge is -2.15. The molecule has 1 aromatic rings. The Bertz CT molecular complexity index is 428. The first kappa shape index (κ1) is 11.5. The summed E-state index contributed by atoms with van der Waals surface area (Å²) in [6.07, 6.45) is 2.81. The molecule has 2 N–H and O–H groups in total. The first-order valence-electron chi connectivity index (χ1n) is 5.42. The summed E-state index contributed by atoms with van der Waals surface area (Å²) < 4.78 is 5.90. The third kappa shape index (κ3) is 2.23.